The second-order valence-corrected chi connectivity index (χ2v) is 7.06. The van der Waals surface area contributed by atoms with Crippen molar-refractivity contribution in [3.8, 4) is 0 Å². The van der Waals surface area contributed by atoms with Crippen molar-refractivity contribution < 1.29 is 8.42 Å². The molecule has 0 saturated heterocycles. The summed E-state index contributed by atoms with van der Waals surface area (Å²) in [7, 11) is -3.42. The standard InChI is InChI=1S/C13H21BrN2O2S/c1-4-16(5-2)11(3)10-15-19(17,18)13-8-6-12(14)7-9-13/h6-9,11,15H,4-5,10H2,1-3H3. The molecule has 0 aliphatic heterocycles. The minimum absolute atomic E-state index is 0.181. The molecule has 6 heteroatoms. The third kappa shape index (κ3) is 4.87. The fraction of sp³-hybridized carbons (Fsp3) is 0.538. The lowest BCUT2D eigenvalue weighted by Gasteiger charge is -2.26. The maximum atomic E-state index is 12.1. The maximum absolute atomic E-state index is 12.1. The molecule has 1 unspecified atom stereocenters. The molecule has 0 aromatic heterocycles. The van der Waals surface area contributed by atoms with Gasteiger partial charge >= 0.3 is 0 Å². The zero-order valence-corrected chi connectivity index (χ0v) is 14.0. The number of sulfonamides is 1. The first-order valence-electron chi connectivity index (χ1n) is 6.40. The smallest absolute Gasteiger partial charge is 0.240 e. The van der Waals surface area contributed by atoms with Gasteiger partial charge in [-0.1, -0.05) is 29.8 Å². The first-order chi connectivity index (χ1) is 8.90. The van der Waals surface area contributed by atoms with Crippen molar-refractivity contribution in [3.63, 3.8) is 0 Å². The third-order valence-electron chi connectivity index (χ3n) is 3.13. The monoisotopic (exact) mass is 348 g/mol. The molecule has 1 aromatic carbocycles. The van der Waals surface area contributed by atoms with Gasteiger partial charge in [0.15, 0.2) is 0 Å². The van der Waals surface area contributed by atoms with Gasteiger partial charge in [0.1, 0.15) is 0 Å². The summed E-state index contributed by atoms with van der Waals surface area (Å²) in [5.41, 5.74) is 0. The Morgan fingerprint density at radius 1 is 1.21 bits per heavy atom. The van der Waals surface area contributed by atoms with Crippen LogP contribution < -0.4 is 4.72 Å². The molecule has 0 saturated carbocycles. The zero-order valence-electron chi connectivity index (χ0n) is 11.6. The average Bonchev–Trinajstić information content (AvgIpc) is 2.38. The summed E-state index contributed by atoms with van der Waals surface area (Å²) in [5.74, 6) is 0. The van der Waals surface area contributed by atoms with Crippen LogP contribution in [0.15, 0.2) is 33.6 Å². The lowest BCUT2D eigenvalue weighted by Crippen LogP contribution is -2.41. The van der Waals surface area contributed by atoms with Crippen molar-refractivity contribution in [1.82, 2.24) is 9.62 Å². The second kappa shape index (κ2) is 7.38. The van der Waals surface area contributed by atoms with E-state index in [-0.39, 0.29) is 6.04 Å². The lowest BCUT2D eigenvalue weighted by atomic mass is 10.3. The fourth-order valence-corrected chi connectivity index (χ4v) is 3.29. The third-order valence-corrected chi connectivity index (χ3v) is 5.10. The molecule has 1 atom stereocenters. The van der Waals surface area contributed by atoms with Crippen molar-refractivity contribution in [2.24, 2.45) is 0 Å². The van der Waals surface area contributed by atoms with Gasteiger partial charge < -0.3 is 0 Å². The number of likely N-dealkylation sites (N-methyl/N-ethyl adjacent to an activating group) is 1. The van der Waals surface area contributed by atoms with E-state index < -0.39 is 10.0 Å². The molecule has 0 amide bonds. The predicted molar refractivity (Wildman–Crippen MR) is 81.7 cm³/mol. The van der Waals surface area contributed by atoms with Gasteiger partial charge in [0.25, 0.3) is 0 Å². The van der Waals surface area contributed by atoms with Gasteiger partial charge in [-0.3, -0.25) is 4.90 Å². The summed E-state index contributed by atoms with van der Waals surface area (Å²) in [6.07, 6.45) is 0. The van der Waals surface area contributed by atoms with Crippen LogP contribution in [0.4, 0.5) is 0 Å². The molecule has 0 bridgehead atoms. The van der Waals surface area contributed by atoms with Gasteiger partial charge in [-0.15, -0.1) is 0 Å². The molecule has 108 valence electrons. The topological polar surface area (TPSA) is 49.4 Å². The van der Waals surface area contributed by atoms with Crippen LogP contribution in [0.1, 0.15) is 20.8 Å². The highest BCUT2D eigenvalue weighted by atomic mass is 79.9. The minimum Gasteiger partial charge on any atom is -0.300 e. The largest absolute Gasteiger partial charge is 0.300 e. The van der Waals surface area contributed by atoms with Crippen molar-refractivity contribution in [2.75, 3.05) is 19.6 Å². The summed E-state index contributed by atoms with van der Waals surface area (Å²) in [5, 5.41) is 0. The number of nitrogens with zero attached hydrogens (tertiary/aromatic N) is 1. The Kier molecular flexibility index (Phi) is 6.46. The minimum atomic E-state index is -3.42. The van der Waals surface area contributed by atoms with E-state index >= 15 is 0 Å². The van der Waals surface area contributed by atoms with E-state index in [0.29, 0.717) is 11.4 Å². The van der Waals surface area contributed by atoms with E-state index in [9.17, 15) is 8.42 Å². The predicted octanol–water partition coefficient (Wildman–Crippen LogP) is 2.46. The van der Waals surface area contributed by atoms with Crippen molar-refractivity contribution in [1.29, 1.82) is 0 Å². The summed E-state index contributed by atoms with van der Waals surface area (Å²) in [4.78, 5) is 2.51. The molecule has 0 aliphatic carbocycles. The van der Waals surface area contributed by atoms with Gasteiger partial charge in [0.2, 0.25) is 10.0 Å². The van der Waals surface area contributed by atoms with Crippen LogP contribution in [0, 0.1) is 0 Å². The van der Waals surface area contributed by atoms with E-state index in [1.165, 1.54) is 0 Å². The van der Waals surface area contributed by atoms with E-state index in [0.717, 1.165) is 17.6 Å². The van der Waals surface area contributed by atoms with E-state index in [4.69, 9.17) is 0 Å². The Hall–Kier alpha value is -0.430. The summed E-state index contributed by atoms with van der Waals surface area (Å²) < 4.78 is 27.7. The molecular formula is C13H21BrN2O2S. The summed E-state index contributed by atoms with van der Waals surface area (Å²) in [6.45, 7) is 8.42. The molecule has 19 heavy (non-hydrogen) atoms. The van der Waals surface area contributed by atoms with Gasteiger partial charge in [-0.05, 0) is 44.3 Å². The molecule has 0 heterocycles. The molecule has 1 N–H and O–H groups in total. The van der Waals surface area contributed by atoms with Crippen LogP contribution in [0.3, 0.4) is 0 Å². The Balaban J connectivity index is 2.68. The first kappa shape index (κ1) is 16.6. The molecular weight excluding hydrogens is 328 g/mol. The highest BCUT2D eigenvalue weighted by Crippen LogP contribution is 2.14. The Bertz CT molecular complexity index is 484. The number of hydrogen-bond donors (Lipinski definition) is 1. The average molecular weight is 349 g/mol. The fourth-order valence-electron chi connectivity index (χ4n) is 1.90. The van der Waals surface area contributed by atoms with Gasteiger partial charge in [-0.2, -0.15) is 0 Å². The van der Waals surface area contributed by atoms with Gasteiger partial charge in [0, 0.05) is 17.1 Å². The van der Waals surface area contributed by atoms with Crippen LogP contribution >= 0.6 is 15.9 Å². The Morgan fingerprint density at radius 3 is 2.21 bits per heavy atom. The van der Waals surface area contributed by atoms with Crippen LogP contribution in [-0.2, 0) is 10.0 Å². The Morgan fingerprint density at radius 2 is 1.74 bits per heavy atom. The number of halogens is 1. The second-order valence-electron chi connectivity index (χ2n) is 4.38. The molecule has 0 aliphatic rings. The molecule has 0 fully saturated rings. The van der Waals surface area contributed by atoms with E-state index in [1.54, 1.807) is 24.3 Å². The highest BCUT2D eigenvalue weighted by molar-refractivity contribution is 9.10. The van der Waals surface area contributed by atoms with Crippen LogP contribution in [0.25, 0.3) is 0 Å². The lowest BCUT2D eigenvalue weighted by molar-refractivity contribution is 0.232. The van der Waals surface area contributed by atoms with Crippen molar-refractivity contribution in [2.45, 2.75) is 31.7 Å². The first-order valence-corrected chi connectivity index (χ1v) is 8.67. The number of benzene rings is 1. The van der Waals surface area contributed by atoms with Gasteiger partial charge in [0.05, 0.1) is 4.90 Å². The van der Waals surface area contributed by atoms with Crippen LogP contribution in [-0.4, -0.2) is 39.0 Å². The SMILES string of the molecule is CCN(CC)C(C)CNS(=O)(=O)c1ccc(Br)cc1. The van der Waals surface area contributed by atoms with E-state index in [1.807, 2.05) is 6.92 Å². The number of hydrogen-bond acceptors (Lipinski definition) is 3. The molecule has 1 rings (SSSR count). The summed E-state index contributed by atoms with van der Waals surface area (Å²) >= 11 is 3.29. The van der Waals surface area contributed by atoms with E-state index in [2.05, 4.69) is 39.4 Å². The molecule has 1 aromatic rings. The van der Waals surface area contributed by atoms with Crippen molar-refractivity contribution >= 4 is 26.0 Å². The molecule has 4 nitrogen and oxygen atoms in total. The molecule has 0 spiro atoms. The molecule has 0 radical (unpaired) electrons. The van der Waals surface area contributed by atoms with Crippen LogP contribution in [0.5, 0.6) is 0 Å². The number of rotatable bonds is 7. The quantitative estimate of drug-likeness (QED) is 0.823. The number of nitrogens with one attached hydrogen (secondary N) is 1. The Labute approximate surface area is 124 Å². The van der Waals surface area contributed by atoms with Crippen LogP contribution in [0.2, 0.25) is 0 Å². The zero-order chi connectivity index (χ0) is 14.5. The normalized spacial score (nSPS) is 13.7. The van der Waals surface area contributed by atoms with Gasteiger partial charge in [-0.25, -0.2) is 13.1 Å². The highest BCUT2D eigenvalue weighted by Gasteiger charge is 2.17. The maximum Gasteiger partial charge on any atom is 0.240 e. The van der Waals surface area contributed by atoms with Crippen molar-refractivity contribution in [3.05, 3.63) is 28.7 Å². The summed E-state index contributed by atoms with van der Waals surface area (Å²) in [6, 6.07) is 6.81.